The number of hydrogen-bond donors (Lipinski definition) is 2. The molecule has 0 bridgehead atoms. The lowest BCUT2D eigenvalue weighted by Gasteiger charge is -2.18. The number of benzene rings is 1. The zero-order chi connectivity index (χ0) is 13.6. The van der Waals surface area contributed by atoms with Gasteiger partial charge in [0.1, 0.15) is 11.9 Å². The zero-order valence-corrected chi connectivity index (χ0v) is 11.0. The van der Waals surface area contributed by atoms with E-state index in [1.807, 2.05) is 37.3 Å². The number of hydrogen-bond acceptors (Lipinski definition) is 3. The molecule has 0 aliphatic heterocycles. The molecule has 18 heavy (non-hydrogen) atoms. The van der Waals surface area contributed by atoms with Crippen molar-refractivity contribution in [2.24, 2.45) is 0 Å². The number of alkyl halides is 1. The van der Waals surface area contributed by atoms with Gasteiger partial charge in [0.05, 0.1) is 0 Å². The highest BCUT2D eigenvalue weighted by Crippen LogP contribution is 2.15. The molecule has 0 amide bonds. The molecule has 0 saturated carbocycles. The van der Waals surface area contributed by atoms with Crippen LogP contribution in [0.5, 0.6) is 0 Å². The standard InChI is InChI=1S/C12H18FNO3S/c1-2-12(10-6-4-3-5-7-10)14-8-11(13)9-18(15,16)17/h3-7,11-12,14H,2,8-9H2,1H3,(H,15,16,17)/t11-,12-/m0/s1. The molecule has 0 fully saturated rings. The fourth-order valence-corrected chi connectivity index (χ4v) is 2.32. The van der Waals surface area contributed by atoms with Crippen molar-refractivity contribution in [3.05, 3.63) is 35.9 Å². The van der Waals surface area contributed by atoms with Crippen LogP contribution in [0.25, 0.3) is 0 Å². The van der Waals surface area contributed by atoms with Crippen molar-refractivity contribution < 1.29 is 17.4 Å². The second-order valence-electron chi connectivity index (χ2n) is 4.13. The highest BCUT2D eigenvalue weighted by Gasteiger charge is 2.17. The molecule has 1 rings (SSSR count). The summed E-state index contributed by atoms with van der Waals surface area (Å²) >= 11 is 0. The SMILES string of the molecule is CC[C@H](NC[C@H](F)CS(=O)(=O)O)c1ccccc1. The molecule has 0 spiro atoms. The van der Waals surface area contributed by atoms with Crippen LogP contribution in [0, 0.1) is 0 Å². The Bertz CT molecular complexity index is 450. The summed E-state index contributed by atoms with van der Waals surface area (Å²) < 4.78 is 42.9. The monoisotopic (exact) mass is 275 g/mol. The van der Waals surface area contributed by atoms with Crippen molar-refractivity contribution in [3.8, 4) is 0 Å². The van der Waals surface area contributed by atoms with Crippen LogP contribution >= 0.6 is 0 Å². The Morgan fingerprint density at radius 2 is 1.94 bits per heavy atom. The molecule has 0 aliphatic rings. The van der Waals surface area contributed by atoms with Crippen molar-refractivity contribution in [2.75, 3.05) is 12.3 Å². The van der Waals surface area contributed by atoms with E-state index in [0.717, 1.165) is 12.0 Å². The van der Waals surface area contributed by atoms with Gasteiger partial charge in [-0.2, -0.15) is 8.42 Å². The van der Waals surface area contributed by atoms with E-state index < -0.39 is 22.0 Å². The molecule has 102 valence electrons. The van der Waals surface area contributed by atoms with Crippen molar-refractivity contribution in [3.63, 3.8) is 0 Å². The van der Waals surface area contributed by atoms with Gasteiger partial charge in [-0.1, -0.05) is 37.3 Å². The van der Waals surface area contributed by atoms with E-state index in [4.69, 9.17) is 4.55 Å². The first kappa shape index (κ1) is 15.1. The summed E-state index contributed by atoms with van der Waals surface area (Å²) in [5, 5.41) is 2.96. The minimum atomic E-state index is -4.26. The van der Waals surface area contributed by atoms with Gasteiger partial charge in [0, 0.05) is 12.6 Å². The van der Waals surface area contributed by atoms with Crippen molar-refractivity contribution in [1.29, 1.82) is 0 Å². The fraction of sp³-hybridized carbons (Fsp3) is 0.500. The van der Waals surface area contributed by atoms with Gasteiger partial charge < -0.3 is 5.32 Å². The maximum Gasteiger partial charge on any atom is 0.267 e. The first-order valence-electron chi connectivity index (χ1n) is 5.80. The van der Waals surface area contributed by atoms with E-state index in [1.54, 1.807) is 0 Å². The van der Waals surface area contributed by atoms with Gasteiger partial charge in [0.25, 0.3) is 10.1 Å². The second kappa shape index (κ2) is 6.82. The van der Waals surface area contributed by atoms with E-state index in [0.29, 0.717) is 0 Å². The lowest BCUT2D eigenvalue weighted by atomic mass is 10.0. The molecular formula is C12H18FNO3S. The van der Waals surface area contributed by atoms with Crippen molar-refractivity contribution in [2.45, 2.75) is 25.6 Å². The molecule has 4 nitrogen and oxygen atoms in total. The van der Waals surface area contributed by atoms with Crippen molar-refractivity contribution >= 4 is 10.1 Å². The van der Waals surface area contributed by atoms with Crippen LogP contribution in [0.2, 0.25) is 0 Å². The Kier molecular flexibility index (Phi) is 5.71. The van der Waals surface area contributed by atoms with E-state index in [2.05, 4.69) is 5.32 Å². The second-order valence-corrected chi connectivity index (χ2v) is 5.62. The number of nitrogens with one attached hydrogen (secondary N) is 1. The van der Waals surface area contributed by atoms with Crippen LogP contribution in [0.3, 0.4) is 0 Å². The summed E-state index contributed by atoms with van der Waals surface area (Å²) in [7, 11) is -4.26. The molecule has 2 N–H and O–H groups in total. The summed E-state index contributed by atoms with van der Waals surface area (Å²) in [6.07, 6.45) is -0.847. The average Bonchev–Trinajstić information content (AvgIpc) is 2.29. The minimum absolute atomic E-state index is 0.0224. The Labute approximate surface area is 107 Å². The van der Waals surface area contributed by atoms with E-state index in [1.165, 1.54) is 0 Å². The molecule has 0 radical (unpaired) electrons. The van der Waals surface area contributed by atoms with Crippen molar-refractivity contribution in [1.82, 2.24) is 5.32 Å². The van der Waals surface area contributed by atoms with Crippen LogP contribution in [0.4, 0.5) is 4.39 Å². The van der Waals surface area contributed by atoms with Gasteiger partial charge in [-0.15, -0.1) is 0 Å². The summed E-state index contributed by atoms with van der Waals surface area (Å²) in [5.41, 5.74) is 1.03. The number of rotatable bonds is 7. The van der Waals surface area contributed by atoms with Crippen LogP contribution in [0.1, 0.15) is 24.9 Å². The highest BCUT2D eigenvalue weighted by atomic mass is 32.2. The average molecular weight is 275 g/mol. The summed E-state index contributed by atoms with van der Waals surface area (Å²) in [6.45, 7) is 1.86. The quantitative estimate of drug-likeness (QED) is 0.746. The molecular weight excluding hydrogens is 257 g/mol. The van der Waals surface area contributed by atoms with E-state index in [9.17, 15) is 12.8 Å². The summed E-state index contributed by atoms with van der Waals surface area (Å²) in [5.74, 6) is -0.870. The van der Waals surface area contributed by atoms with Gasteiger partial charge >= 0.3 is 0 Å². The molecule has 2 atom stereocenters. The van der Waals surface area contributed by atoms with E-state index >= 15 is 0 Å². The molecule has 0 unspecified atom stereocenters. The lowest BCUT2D eigenvalue weighted by Crippen LogP contribution is -2.32. The molecule has 0 heterocycles. The van der Waals surface area contributed by atoms with Gasteiger partial charge in [-0.05, 0) is 12.0 Å². The Hall–Kier alpha value is -0.980. The molecule has 0 saturated heterocycles. The maximum atomic E-state index is 13.3. The van der Waals surface area contributed by atoms with Gasteiger partial charge in [-0.25, -0.2) is 4.39 Å². The summed E-state index contributed by atoms with van der Waals surface area (Å²) in [4.78, 5) is 0. The van der Waals surface area contributed by atoms with Gasteiger partial charge in [0.2, 0.25) is 0 Å². The zero-order valence-electron chi connectivity index (χ0n) is 10.2. The summed E-state index contributed by atoms with van der Waals surface area (Å²) in [6, 6.07) is 9.52. The third kappa shape index (κ3) is 5.57. The predicted molar refractivity (Wildman–Crippen MR) is 68.8 cm³/mol. The smallest absolute Gasteiger partial charge is 0.267 e. The van der Waals surface area contributed by atoms with Gasteiger partial charge in [-0.3, -0.25) is 4.55 Å². The van der Waals surface area contributed by atoms with Crippen LogP contribution in [-0.2, 0) is 10.1 Å². The Morgan fingerprint density at radius 3 is 2.44 bits per heavy atom. The largest absolute Gasteiger partial charge is 0.307 e. The molecule has 1 aromatic rings. The predicted octanol–water partition coefficient (Wildman–Crippen LogP) is 1.95. The number of halogens is 1. The third-order valence-electron chi connectivity index (χ3n) is 2.59. The molecule has 1 aromatic carbocycles. The van der Waals surface area contributed by atoms with E-state index in [-0.39, 0.29) is 12.6 Å². The fourth-order valence-electron chi connectivity index (χ4n) is 1.74. The first-order valence-corrected chi connectivity index (χ1v) is 7.41. The third-order valence-corrected chi connectivity index (χ3v) is 3.37. The minimum Gasteiger partial charge on any atom is -0.307 e. The maximum absolute atomic E-state index is 13.3. The Morgan fingerprint density at radius 1 is 1.33 bits per heavy atom. The van der Waals surface area contributed by atoms with Crippen LogP contribution < -0.4 is 5.32 Å². The van der Waals surface area contributed by atoms with Gasteiger partial charge in [0.15, 0.2) is 0 Å². The van der Waals surface area contributed by atoms with Crippen LogP contribution in [0.15, 0.2) is 30.3 Å². The lowest BCUT2D eigenvalue weighted by molar-refractivity contribution is 0.322. The first-order chi connectivity index (χ1) is 8.42. The Balaban J connectivity index is 2.51. The topological polar surface area (TPSA) is 66.4 Å². The molecule has 0 aliphatic carbocycles. The molecule has 6 heteroatoms. The van der Waals surface area contributed by atoms with Crippen LogP contribution in [-0.4, -0.2) is 31.4 Å². The highest BCUT2D eigenvalue weighted by molar-refractivity contribution is 7.85. The molecule has 0 aromatic heterocycles. The normalized spacial score (nSPS) is 15.3.